The molecule has 3 rings (SSSR count). The molecule has 0 spiro atoms. The molecule has 0 fully saturated rings. The van der Waals surface area contributed by atoms with Gasteiger partial charge in [-0.25, -0.2) is 4.68 Å². The van der Waals surface area contributed by atoms with Gasteiger partial charge in [0.2, 0.25) is 0 Å². The van der Waals surface area contributed by atoms with E-state index < -0.39 is 0 Å². The Balaban J connectivity index is 1.95. The fraction of sp³-hybridized carbons (Fsp3) is 0.158. The normalized spacial score (nSPS) is 10.6. The van der Waals surface area contributed by atoms with Gasteiger partial charge in [0, 0.05) is 16.1 Å². The molecular weight excluding hydrogens is 434 g/mol. The minimum atomic E-state index is -0.339. The maximum absolute atomic E-state index is 12.8. The zero-order valence-electron chi connectivity index (χ0n) is 14.9. The predicted octanol–water partition coefficient (Wildman–Crippen LogP) is 4.87. The van der Waals surface area contributed by atoms with Crippen LogP contribution in [-0.2, 0) is 0 Å². The Labute approximate surface area is 170 Å². The van der Waals surface area contributed by atoms with Crippen LogP contribution in [0.25, 0.3) is 5.69 Å². The van der Waals surface area contributed by atoms with Crippen molar-refractivity contribution < 1.29 is 14.3 Å². The van der Waals surface area contributed by atoms with Gasteiger partial charge in [-0.1, -0.05) is 33.6 Å². The fourth-order valence-electron chi connectivity index (χ4n) is 2.63. The topological polar surface area (TPSA) is 65.4 Å². The Morgan fingerprint density at radius 1 is 1.19 bits per heavy atom. The minimum absolute atomic E-state index is 0.290. The van der Waals surface area contributed by atoms with Crippen LogP contribution in [0.4, 0.5) is 5.82 Å². The number of hydrogen-bond donors (Lipinski definition) is 1. The number of aryl methyl sites for hydroxylation is 1. The van der Waals surface area contributed by atoms with Crippen LogP contribution in [-0.4, -0.2) is 29.9 Å². The van der Waals surface area contributed by atoms with Crippen molar-refractivity contribution in [3.8, 4) is 17.2 Å². The van der Waals surface area contributed by atoms with E-state index in [1.54, 1.807) is 16.8 Å². The molecule has 1 N–H and O–H groups in total. The molecule has 0 saturated heterocycles. The van der Waals surface area contributed by atoms with Crippen LogP contribution in [0.1, 0.15) is 16.1 Å². The number of aromatic nitrogens is 2. The van der Waals surface area contributed by atoms with Crippen molar-refractivity contribution >= 4 is 39.3 Å². The molecule has 8 heteroatoms. The van der Waals surface area contributed by atoms with Crippen molar-refractivity contribution in [1.29, 1.82) is 0 Å². The summed E-state index contributed by atoms with van der Waals surface area (Å²) < 4.78 is 13.0. The maximum Gasteiger partial charge on any atom is 0.257 e. The van der Waals surface area contributed by atoms with E-state index in [-0.39, 0.29) is 5.91 Å². The fourth-order valence-corrected chi connectivity index (χ4v) is 3.31. The van der Waals surface area contributed by atoms with E-state index in [4.69, 9.17) is 21.1 Å². The number of anilines is 1. The van der Waals surface area contributed by atoms with E-state index >= 15 is 0 Å². The standard InChI is InChI=1S/C19H17BrClN3O3/c1-11-7-17(24(23-11)14-6-4-5-13(20)10-14)22-19(25)12-8-15(21)18(27-3)16(9-12)26-2/h4-10H,1-3H3,(H,22,25). The van der Waals surface area contributed by atoms with Gasteiger partial charge in [0.05, 0.1) is 30.6 Å². The molecule has 0 aliphatic heterocycles. The average Bonchev–Trinajstić information content (AvgIpc) is 3.01. The summed E-state index contributed by atoms with van der Waals surface area (Å²) in [5, 5.41) is 7.62. The first-order valence-electron chi connectivity index (χ1n) is 7.98. The van der Waals surface area contributed by atoms with Gasteiger partial charge in [-0.05, 0) is 37.3 Å². The van der Waals surface area contributed by atoms with E-state index in [1.807, 2.05) is 31.2 Å². The third-order valence-electron chi connectivity index (χ3n) is 3.82. The Morgan fingerprint density at radius 2 is 1.96 bits per heavy atom. The number of rotatable bonds is 5. The molecule has 6 nitrogen and oxygen atoms in total. The maximum atomic E-state index is 12.8. The van der Waals surface area contributed by atoms with Crippen LogP contribution in [0.5, 0.6) is 11.5 Å². The highest BCUT2D eigenvalue weighted by molar-refractivity contribution is 9.10. The third kappa shape index (κ3) is 4.09. The van der Waals surface area contributed by atoms with Gasteiger partial charge in [0.1, 0.15) is 5.82 Å². The molecule has 2 aromatic carbocycles. The third-order valence-corrected chi connectivity index (χ3v) is 4.60. The Morgan fingerprint density at radius 3 is 2.63 bits per heavy atom. The molecule has 1 heterocycles. The second-order valence-corrected chi connectivity index (χ2v) is 7.03. The smallest absolute Gasteiger partial charge is 0.257 e. The van der Waals surface area contributed by atoms with Crippen LogP contribution in [0, 0.1) is 6.92 Å². The van der Waals surface area contributed by atoms with Crippen LogP contribution >= 0.6 is 27.5 Å². The molecule has 0 unspecified atom stereocenters. The highest BCUT2D eigenvalue weighted by Crippen LogP contribution is 2.36. The van der Waals surface area contributed by atoms with Gasteiger partial charge in [0.15, 0.2) is 11.5 Å². The first-order valence-corrected chi connectivity index (χ1v) is 9.15. The van der Waals surface area contributed by atoms with Crippen molar-refractivity contribution in [3.05, 3.63) is 63.2 Å². The number of hydrogen-bond acceptors (Lipinski definition) is 4. The average molecular weight is 451 g/mol. The van der Waals surface area contributed by atoms with Gasteiger partial charge in [-0.2, -0.15) is 5.10 Å². The van der Waals surface area contributed by atoms with Crippen LogP contribution < -0.4 is 14.8 Å². The largest absolute Gasteiger partial charge is 0.493 e. The summed E-state index contributed by atoms with van der Waals surface area (Å²) in [5.74, 6) is 0.966. The van der Waals surface area contributed by atoms with Crippen molar-refractivity contribution in [3.63, 3.8) is 0 Å². The number of nitrogens with zero attached hydrogens (tertiary/aromatic N) is 2. The lowest BCUT2D eigenvalue weighted by molar-refractivity contribution is 0.102. The van der Waals surface area contributed by atoms with Gasteiger partial charge >= 0.3 is 0 Å². The SMILES string of the molecule is COc1cc(C(=O)Nc2cc(C)nn2-c2cccc(Br)c2)cc(Cl)c1OC. The number of halogens is 2. The second kappa shape index (κ2) is 8.02. The summed E-state index contributed by atoms with van der Waals surface area (Å²) in [6, 6.07) is 12.5. The number of amides is 1. The highest BCUT2D eigenvalue weighted by Gasteiger charge is 2.17. The molecule has 3 aromatic rings. The van der Waals surface area contributed by atoms with Gasteiger partial charge < -0.3 is 14.8 Å². The number of nitrogens with one attached hydrogen (secondary N) is 1. The molecule has 1 aromatic heterocycles. The summed E-state index contributed by atoms with van der Waals surface area (Å²) in [5.41, 5.74) is 1.94. The lowest BCUT2D eigenvalue weighted by Gasteiger charge is -2.13. The van der Waals surface area contributed by atoms with Gasteiger partial charge in [-0.15, -0.1) is 0 Å². The lowest BCUT2D eigenvalue weighted by Crippen LogP contribution is -2.15. The minimum Gasteiger partial charge on any atom is -0.493 e. The molecule has 140 valence electrons. The summed E-state index contributed by atoms with van der Waals surface area (Å²) in [7, 11) is 2.98. The van der Waals surface area contributed by atoms with Crippen LogP contribution in [0.2, 0.25) is 5.02 Å². The first-order chi connectivity index (χ1) is 12.9. The lowest BCUT2D eigenvalue weighted by atomic mass is 10.2. The van der Waals surface area contributed by atoms with Crippen molar-refractivity contribution in [2.45, 2.75) is 6.92 Å². The number of carbonyl (C=O) groups excluding carboxylic acids is 1. The van der Waals surface area contributed by atoms with E-state index in [1.165, 1.54) is 20.3 Å². The zero-order valence-corrected chi connectivity index (χ0v) is 17.3. The molecule has 0 saturated carbocycles. The van der Waals surface area contributed by atoms with E-state index in [0.717, 1.165) is 15.9 Å². The first kappa shape index (κ1) is 19.3. The Hall–Kier alpha value is -2.51. The zero-order chi connectivity index (χ0) is 19.6. The molecule has 0 aliphatic rings. The van der Waals surface area contributed by atoms with E-state index in [0.29, 0.717) is 27.9 Å². The van der Waals surface area contributed by atoms with Crippen molar-refractivity contribution in [1.82, 2.24) is 9.78 Å². The monoisotopic (exact) mass is 449 g/mol. The number of carbonyl (C=O) groups is 1. The van der Waals surface area contributed by atoms with Crippen LogP contribution in [0.3, 0.4) is 0 Å². The molecule has 27 heavy (non-hydrogen) atoms. The molecule has 0 bridgehead atoms. The highest BCUT2D eigenvalue weighted by atomic mass is 79.9. The summed E-state index contributed by atoms with van der Waals surface area (Å²) in [4.78, 5) is 12.8. The molecule has 0 atom stereocenters. The Kier molecular flexibility index (Phi) is 5.72. The molecule has 1 amide bonds. The van der Waals surface area contributed by atoms with Gasteiger partial charge in [0.25, 0.3) is 5.91 Å². The predicted molar refractivity (Wildman–Crippen MR) is 109 cm³/mol. The second-order valence-electron chi connectivity index (χ2n) is 5.71. The van der Waals surface area contributed by atoms with E-state index in [9.17, 15) is 4.79 Å². The number of benzene rings is 2. The van der Waals surface area contributed by atoms with Crippen LogP contribution in [0.15, 0.2) is 46.9 Å². The molecule has 0 aliphatic carbocycles. The Bertz CT molecular complexity index is 1000. The van der Waals surface area contributed by atoms with Gasteiger partial charge in [-0.3, -0.25) is 4.79 Å². The number of methoxy groups -OCH3 is 2. The summed E-state index contributed by atoms with van der Waals surface area (Å²) in [6.07, 6.45) is 0. The van der Waals surface area contributed by atoms with Crippen molar-refractivity contribution in [2.24, 2.45) is 0 Å². The molecule has 0 radical (unpaired) electrons. The summed E-state index contributed by atoms with van der Waals surface area (Å²) >= 11 is 9.65. The quantitative estimate of drug-likeness (QED) is 0.602. The summed E-state index contributed by atoms with van der Waals surface area (Å²) in [6.45, 7) is 1.86. The number of ether oxygens (including phenoxy) is 2. The van der Waals surface area contributed by atoms with Crippen molar-refractivity contribution in [2.75, 3.05) is 19.5 Å². The van der Waals surface area contributed by atoms with E-state index in [2.05, 4.69) is 26.3 Å². The molecular formula is C19H17BrClN3O3.